The summed E-state index contributed by atoms with van der Waals surface area (Å²) < 4.78 is 60.4. The maximum Gasteiger partial charge on any atom is 0.134 e. The average molecular weight is 364 g/mol. The molecule has 0 aliphatic rings. The fraction of sp³-hybridized carbons (Fsp3) is 0.143. The summed E-state index contributed by atoms with van der Waals surface area (Å²) in [6.07, 6.45) is 0. The van der Waals surface area contributed by atoms with Gasteiger partial charge in [0.05, 0.1) is 13.2 Å². The summed E-state index contributed by atoms with van der Waals surface area (Å²) in [5.41, 5.74) is 4.41. The van der Waals surface area contributed by atoms with Crippen LogP contribution in [0, 0.1) is 23.3 Å². The number of halogens is 5. The first kappa shape index (κ1) is 15.8. The van der Waals surface area contributed by atoms with Crippen molar-refractivity contribution in [3.05, 3.63) is 63.1 Å². The molecular weight excluding hydrogens is 354 g/mol. The molecular formula is C14H10BrF4NO. The zero-order chi connectivity index (χ0) is 15.7. The Morgan fingerprint density at radius 1 is 0.905 bits per heavy atom. The molecule has 0 aliphatic carbocycles. The predicted molar refractivity (Wildman–Crippen MR) is 73.0 cm³/mol. The summed E-state index contributed by atoms with van der Waals surface area (Å²) in [7, 11) is 1.24. The second-order valence-electron chi connectivity index (χ2n) is 4.27. The van der Waals surface area contributed by atoms with Crippen molar-refractivity contribution >= 4 is 15.9 Å². The van der Waals surface area contributed by atoms with Crippen LogP contribution in [0.1, 0.15) is 17.2 Å². The van der Waals surface area contributed by atoms with Crippen molar-refractivity contribution in [1.82, 2.24) is 0 Å². The zero-order valence-electron chi connectivity index (χ0n) is 10.8. The van der Waals surface area contributed by atoms with E-state index < -0.39 is 40.4 Å². The van der Waals surface area contributed by atoms with Gasteiger partial charge in [-0.05, 0) is 12.1 Å². The SMILES string of the molecule is COc1cc(F)c(C(N)c2c(F)cc(Br)cc2F)c(F)c1. The van der Waals surface area contributed by atoms with Crippen LogP contribution in [0.4, 0.5) is 17.6 Å². The van der Waals surface area contributed by atoms with Crippen LogP contribution in [0.2, 0.25) is 0 Å². The second-order valence-corrected chi connectivity index (χ2v) is 5.18. The molecule has 2 aromatic carbocycles. The van der Waals surface area contributed by atoms with Crippen molar-refractivity contribution in [2.45, 2.75) is 6.04 Å². The topological polar surface area (TPSA) is 35.2 Å². The molecule has 7 heteroatoms. The van der Waals surface area contributed by atoms with Crippen molar-refractivity contribution in [2.75, 3.05) is 7.11 Å². The molecule has 1 unspecified atom stereocenters. The second kappa shape index (κ2) is 6.03. The van der Waals surface area contributed by atoms with E-state index in [1.54, 1.807) is 0 Å². The van der Waals surface area contributed by atoms with Gasteiger partial charge in [-0.15, -0.1) is 0 Å². The van der Waals surface area contributed by atoms with Gasteiger partial charge in [-0.1, -0.05) is 15.9 Å². The van der Waals surface area contributed by atoms with Crippen molar-refractivity contribution in [3.8, 4) is 5.75 Å². The lowest BCUT2D eigenvalue weighted by atomic mass is 9.97. The molecule has 0 saturated heterocycles. The molecule has 21 heavy (non-hydrogen) atoms. The Kier molecular flexibility index (Phi) is 4.53. The van der Waals surface area contributed by atoms with E-state index in [9.17, 15) is 17.6 Å². The Balaban J connectivity index is 2.58. The van der Waals surface area contributed by atoms with Crippen LogP contribution in [0.15, 0.2) is 28.7 Å². The summed E-state index contributed by atoms with van der Waals surface area (Å²) in [6.45, 7) is 0. The molecule has 0 saturated carbocycles. The van der Waals surface area contributed by atoms with Crippen LogP contribution in [-0.2, 0) is 0 Å². The maximum absolute atomic E-state index is 13.9. The van der Waals surface area contributed by atoms with Gasteiger partial charge in [0, 0.05) is 27.7 Å². The molecule has 0 aromatic heterocycles. The fourth-order valence-electron chi connectivity index (χ4n) is 1.97. The van der Waals surface area contributed by atoms with Crippen LogP contribution in [0.25, 0.3) is 0 Å². The first-order valence-corrected chi connectivity index (χ1v) is 6.57. The minimum absolute atomic E-state index is 0.0577. The molecule has 112 valence electrons. The number of hydrogen-bond donors (Lipinski definition) is 1. The highest BCUT2D eigenvalue weighted by molar-refractivity contribution is 9.10. The summed E-state index contributed by atoms with van der Waals surface area (Å²) in [6, 6.07) is 2.11. The predicted octanol–water partition coefficient (Wildman–Crippen LogP) is 4.06. The van der Waals surface area contributed by atoms with Crippen molar-refractivity contribution < 1.29 is 22.3 Å². The zero-order valence-corrected chi connectivity index (χ0v) is 12.3. The smallest absolute Gasteiger partial charge is 0.134 e. The van der Waals surface area contributed by atoms with Crippen LogP contribution in [-0.4, -0.2) is 7.11 Å². The highest BCUT2D eigenvalue weighted by Gasteiger charge is 2.25. The van der Waals surface area contributed by atoms with E-state index in [1.165, 1.54) is 7.11 Å². The quantitative estimate of drug-likeness (QED) is 0.834. The van der Waals surface area contributed by atoms with E-state index in [-0.39, 0.29) is 10.2 Å². The number of ether oxygens (including phenoxy) is 1. The Morgan fingerprint density at radius 2 is 1.29 bits per heavy atom. The highest BCUT2D eigenvalue weighted by Crippen LogP contribution is 2.32. The molecule has 2 rings (SSSR count). The molecule has 2 aromatic rings. The largest absolute Gasteiger partial charge is 0.497 e. The van der Waals surface area contributed by atoms with Gasteiger partial charge in [-0.25, -0.2) is 17.6 Å². The number of hydrogen-bond acceptors (Lipinski definition) is 2. The van der Waals surface area contributed by atoms with Gasteiger partial charge in [0.15, 0.2) is 0 Å². The lowest BCUT2D eigenvalue weighted by Crippen LogP contribution is -2.19. The minimum atomic E-state index is -1.62. The molecule has 2 N–H and O–H groups in total. The number of nitrogens with two attached hydrogens (primary N) is 1. The molecule has 0 spiro atoms. The normalized spacial score (nSPS) is 12.3. The third kappa shape index (κ3) is 3.03. The summed E-state index contributed by atoms with van der Waals surface area (Å²) >= 11 is 2.91. The van der Waals surface area contributed by atoms with Crippen LogP contribution < -0.4 is 10.5 Å². The molecule has 0 aliphatic heterocycles. The van der Waals surface area contributed by atoms with E-state index in [1.807, 2.05) is 0 Å². The first-order valence-electron chi connectivity index (χ1n) is 5.78. The molecule has 0 fully saturated rings. The molecule has 0 amide bonds. The standard InChI is InChI=1S/C14H10BrF4NO/c1-21-7-4-10(18)13(11(19)5-7)14(20)12-8(16)2-6(15)3-9(12)17/h2-5,14H,20H2,1H3. The van der Waals surface area contributed by atoms with E-state index in [0.29, 0.717) is 0 Å². The number of rotatable bonds is 3. The summed E-state index contributed by atoms with van der Waals surface area (Å²) in [5.74, 6) is -4.13. The Morgan fingerprint density at radius 3 is 1.67 bits per heavy atom. The first-order chi connectivity index (χ1) is 9.85. The van der Waals surface area contributed by atoms with Gasteiger partial charge in [-0.3, -0.25) is 0 Å². The highest BCUT2D eigenvalue weighted by atomic mass is 79.9. The number of methoxy groups -OCH3 is 1. The molecule has 0 bridgehead atoms. The lowest BCUT2D eigenvalue weighted by Gasteiger charge is -2.17. The Hall–Kier alpha value is -1.60. The third-order valence-corrected chi connectivity index (χ3v) is 3.41. The van der Waals surface area contributed by atoms with Gasteiger partial charge in [0.25, 0.3) is 0 Å². The van der Waals surface area contributed by atoms with Gasteiger partial charge >= 0.3 is 0 Å². The fourth-order valence-corrected chi connectivity index (χ4v) is 2.37. The average Bonchev–Trinajstić information content (AvgIpc) is 2.36. The summed E-state index contributed by atoms with van der Waals surface area (Å²) in [4.78, 5) is 0. The third-order valence-electron chi connectivity index (χ3n) is 2.95. The minimum Gasteiger partial charge on any atom is -0.497 e. The Bertz CT molecular complexity index is 647. The van der Waals surface area contributed by atoms with Crippen LogP contribution >= 0.6 is 15.9 Å². The Labute approximate surface area is 126 Å². The monoisotopic (exact) mass is 363 g/mol. The maximum atomic E-state index is 13.9. The molecule has 2 nitrogen and oxygen atoms in total. The van der Waals surface area contributed by atoms with E-state index in [2.05, 4.69) is 15.9 Å². The van der Waals surface area contributed by atoms with Crippen LogP contribution in [0.3, 0.4) is 0 Å². The summed E-state index contributed by atoms with van der Waals surface area (Å²) in [5, 5.41) is 0. The lowest BCUT2D eigenvalue weighted by molar-refractivity contribution is 0.404. The number of benzene rings is 2. The van der Waals surface area contributed by atoms with E-state index in [4.69, 9.17) is 10.5 Å². The van der Waals surface area contributed by atoms with E-state index in [0.717, 1.165) is 24.3 Å². The molecule has 1 atom stereocenters. The molecule has 0 radical (unpaired) electrons. The molecule has 0 heterocycles. The van der Waals surface area contributed by atoms with Crippen LogP contribution in [0.5, 0.6) is 5.75 Å². The van der Waals surface area contributed by atoms with Gasteiger partial charge in [0.1, 0.15) is 29.0 Å². The van der Waals surface area contributed by atoms with Crippen molar-refractivity contribution in [2.24, 2.45) is 5.73 Å². The van der Waals surface area contributed by atoms with E-state index >= 15 is 0 Å². The van der Waals surface area contributed by atoms with Gasteiger partial charge in [0.2, 0.25) is 0 Å². The van der Waals surface area contributed by atoms with Gasteiger partial charge < -0.3 is 10.5 Å². The van der Waals surface area contributed by atoms with Gasteiger partial charge in [-0.2, -0.15) is 0 Å². The van der Waals surface area contributed by atoms with Crippen molar-refractivity contribution in [1.29, 1.82) is 0 Å². The van der Waals surface area contributed by atoms with Crippen molar-refractivity contribution in [3.63, 3.8) is 0 Å².